The number of fused-ring (bicyclic) bond motifs is 1. The summed E-state index contributed by atoms with van der Waals surface area (Å²) in [5.41, 5.74) is 1.96. The van der Waals surface area contributed by atoms with Crippen LogP contribution in [0.4, 0.5) is 0 Å². The Bertz CT molecular complexity index is 512. The van der Waals surface area contributed by atoms with Gasteiger partial charge in [0.2, 0.25) is 5.91 Å². The van der Waals surface area contributed by atoms with Crippen LogP contribution < -0.4 is 5.32 Å². The first-order chi connectivity index (χ1) is 9.99. The monoisotopic (exact) mass is 294 g/mol. The molecule has 1 amide bonds. The minimum absolute atomic E-state index is 0.0176. The van der Waals surface area contributed by atoms with E-state index >= 15 is 0 Å². The molecule has 0 saturated heterocycles. The van der Waals surface area contributed by atoms with Crippen LogP contribution in [0.5, 0.6) is 0 Å². The van der Waals surface area contributed by atoms with Crippen molar-refractivity contribution >= 4 is 11.9 Å². The summed E-state index contributed by atoms with van der Waals surface area (Å²) < 4.78 is 0. The third kappa shape index (κ3) is 3.81. The third-order valence-corrected chi connectivity index (χ3v) is 3.72. The number of carboxylic acid groups (broad SMARTS) is 1. The minimum atomic E-state index is -0.830. The normalized spacial score (nSPS) is 17.6. The molecule has 21 heavy (non-hydrogen) atoms. The maximum atomic E-state index is 12.6. The van der Waals surface area contributed by atoms with Gasteiger partial charge in [-0.05, 0) is 20.3 Å². The maximum Gasteiger partial charge on any atom is 0.303 e. The first-order valence-corrected chi connectivity index (χ1v) is 7.25. The Morgan fingerprint density at radius 1 is 1.52 bits per heavy atom. The van der Waals surface area contributed by atoms with Crippen LogP contribution in [0, 0.1) is 0 Å². The van der Waals surface area contributed by atoms with E-state index in [1.54, 1.807) is 11.2 Å². The summed E-state index contributed by atoms with van der Waals surface area (Å²) >= 11 is 0. The van der Waals surface area contributed by atoms with Crippen LogP contribution in [0.1, 0.15) is 38.1 Å². The molecule has 0 saturated carbocycles. The highest BCUT2D eigenvalue weighted by molar-refractivity contribution is 5.82. The highest BCUT2D eigenvalue weighted by Crippen LogP contribution is 2.15. The maximum absolute atomic E-state index is 12.6. The van der Waals surface area contributed by atoms with E-state index in [4.69, 9.17) is 5.11 Å². The van der Waals surface area contributed by atoms with Crippen LogP contribution in [0.15, 0.2) is 6.33 Å². The number of nitrogens with one attached hydrogen (secondary N) is 2. The minimum Gasteiger partial charge on any atom is -0.481 e. The van der Waals surface area contributed by atoms with Gasteiger partial charge in [-0.1, -0.05) is 0 Å². The van der Waals surface area contributed by atoms with E-state index in [0.717, 1.165) is 11.4 Å². The van der Waals surface area contributed by atoms with Crippen molar-refractivity contribution < 1.29 is 14.7 Å². The Morgan fingerprint density at radius 3 is 2.95 bits per heavy atom. The summed E-state index contributed by atoms with van der Waals surface area (Å²) in [7, 11) is 0. The Morgan fingerprint density at radius 2 is 2.29 bits per heavy atom. The summed E-state index contributed by atoms with van der Waals surface area (Å²) in [6.45, 7) is 4.96. The van der Waals surface area contributed by atoms with E-state index in [9.17, 15) is 9.59 Å². The fourth-order valence-electron chi connectivity index (χ4n) is 2.57. The molecule has 1 atom stereocenters. The average Bonchev–Trinajstić information content (AvgIpc) is 2.89. The number of hydrogen-bond acceptors (Lipinski definition) is 4. The van der Waals surface area contributed by atoms with Gasteiger partial charge in [0.1, 0.15) is 0 Å². The molecule has 2 heterocycles. The Balaban J connectivity index is 1.97. The number of carbonyl (C=O) groups excluding carboxylic acids is 1. The number of imidazole rings is 1. The summed E-state index contributed by atoms with van der Waals surface area (Å²) in [5.74, 6) is -0.813. The van der Waals surface area contributed by atoms with Crippen molar-refractivity contribution in [3.63, 3.8) is 0 Å². The average molecular weight is 294 g/mol. The van der Waals surface area contributed by atoms with Gasteiger partial charge >= 0.3 is 5.97 Å². The van der Waals surface area contributed by atoms with Crippen LogP contribution >= 0.6 is 0 Å². The quantitative estimate of drug-likeness (QED) is 0.711. The van der Waals surface area contributed by atoms with Crippen molar-refractivity contribution in [2.24, 2.45) is 0 Å². The van der Waals surface area contributed by atoms with Crippen molar-refractivity contribution in [2.75, 3.05) is 6.54 Å². The number of aromatic nitrogens is 2. The van der Waals surface area contributed by atoms with Crippen molar-refractivity contribution in [1.29, 1.82) is 0 Å². The fraction of sp³-hybridized carbons (Fsp3) is 0.643. The Hall–Kier alpha value is -1.89. The molecule has 7 heteroatoms. The van der Waals surface area contributed by atoms with Gasteiger partial charge in [0, 0.05) is 32.0 Å². The second-order valence-electron chi connectivity index (χ2n) is 5.59. The molecule has 1 aromatic rings. The van der Waals surface area contributed by atoms with Crippen molar-refractivity contribution in [3.8, 4) is 0 Å². The molecule has 1 aliphatic heterocycles. The molecular formula is C14H22N4O3. The Labute approximate surface area is 123 Å². The number of carbonyl (C=O) groups is 2. The molecule has 116 valence electrons. The largest absolute Gasteiger partial charge is 0.481 e. The lowest BCUT2D eigenvalue weighted by atomic mass is 10.0. The van der Waals surface area contributed by atoms with Gasteiger partial charge in [0.25, 0.3) is 0 Å². The van der Waals surface area contributed by atoms with Gasteiger partial charge in [-0.25, -0.2) is 4.98 Å². The van der Waals surface area contributed by atoms with Crippen molar-refractivity contribution in [1.82, 2.24) is 20.2 Å². The van der Waals surface area contributed by atoms with E-state index in [1.807, 2.05) is 13.8 Å². The number of carboxylic acids is 1. The molecule has 1 unspecified atom stereocenters. The van der Waals surface area contributed by atoms with Crippen LogP contribution in [0.25, 0.3) is 0 Å². The number of hydrogen-bond donors (Lipinski definition) is 3. The molecule has 0 spiro atoms. The molecular weight excluding hydrogens is 272 g/mol. The highest BCUT2D eigenvalue weighted by atomic mass is 16.4. The Kier molecular flexibility index (Phi) is 4.95. The number of aromatic amines is 1. The summed E-state index contributed by atoms with van der Waals surface area (Å²) in [4.78, 5) is 32.3. The molecule has 0 aromatic carbocycles. The predicted molar refractivity (Wildman–Crippen MR) is 76.6 cm³/mol. The number of amides is 1. The number of aliphatic carboxylic acids is 1. The van der Waals surface area contributed by atoms with E-state index in [1.165, 1.54) is 0 Å². The second-order valence-corrected chi connectivity index (χ2v) is 5.59. The van der Waals surface area contributed by atoms with Gasteiger partial charge < -0.3 is 15.0 Å². The van der Waals surface area contributed by atoms with E-state index in [0.29, 0.717) is 25.9 Å². The molecule has 0 aliphatic carbocycles. The van der Waals surface area contributed by atoms with E-state index in [2.05, 4.69) is 15.3 Å². The molecule has 2 rings (SSSR count). The summed E-state index contributed by atoms with van der Waals surface area (Å²) in [6.07, 6.45) is 2.77. The topological polar surface area (TPSA) is 98.3 Å². The molecule has 7 nitrogen and oxygen atoms in total. The van der Waals surface area contributed by atoms with E-state index < -0.39 is 5.97 Å². The zero-order chi connectivity index (χ0) is 15.4. The molecule has 3 N–H and O–H groups in total. The zero-order valence-corrected chi connectivity index (χ0v) is 12.4. The SMILES string of the molecule is CC(C)N(CCCC(=O)O)C(=O)C1Cc2nc[nH]c2CN1. The van der Waals surface area contributed by atoms with Gasteiger partial charge in [-0.3, -0.25) is 14.9 Å². The van der Waals surface area contributed by atoms with E-state index in [-0.39, 0.29) is 24.4 Å². The van der Waals surface area contributed by atoms with Crippen molar-refractivity contribution in [2.45, 2.75) is 51.7 Å². The van der Waals surface area contributed by atoms with Gasteiger partial charge in [0.15, 0.2) is 0 Å². The number of nitrogens with zero attached hydrogens (tertiary/aromatic N) is 2. The van der Waals surface area contributed by atoms with Crippen LogP contribution in [-0.2, 0) is 22.6 Å². The third-order valence-electron chi connectivity index (χ3n) is 3.72. The summed E-state index contributed by atoms with van der Waals surface area (Å²) in [6, 6.07) is -0.235. The fourth-order valence-corrected chi connectivity index (χ4v) is 2.57. The molecule has 0 radical (unpaired) electrons. The molecule has 1 aliphatic rings. The first kappa shape index (κ1) is 15.5. The van der Waals surface area contributed by atoms with Gasteiger partial charge in [-0.15, -0.1) is 0 Å². The molecule has 0 bridgehead atoms. The van der Waals surface area contributed by atoms with Crippen LogP contribution in [0.3, 0.4) is 0 Å². The first-order valence-electron chi connectivity index (χ1n) is 7.25. The highest BCUT2D eigenvalue weighted by Gasteiger charge is 2.30. The molecule has 1 aromatic heterocycles. The lowest BCUT2D eigenvalue weighted by molar-refractivity contribution is -0.139. The van der Waals surface area contributed by atoms with Crippen LogP contribution in [-0.4, -0.2) is 50.5 Å². The van der Waals surface area contributed by atoms with Crippen LogP contribution in [0.2, 0.25) is 0 Å². The predicted octanol–water partition coefficient (Wildman–Crippen LogP) is 0.526. The lowest BCUT2D eigenvalue weighted by Gasteiger charge is -2.32. The smallest absolute Gasteiger partial charge is 0.303 e. The summed E-state index contributed by atoms with van der Waals surface area (Å²) in [5, 5.41) is 11.9. The molecule has 0 fully saturated rings. The number of H-pyrrole nitrogens is 1. The lowest BCUT2D eigenvalue weighted by Crippen LogP contribution is -2.51. The van der Waals surface area contributed by atoms with Gasteiger partial charge in [0.05, 0.1) is 23.8 Å². The second kappa shape index (κ2) is 6.71. The van der Waals surface area contributed by atoms with Gasteiger partial charge in [-0.2, -0.15) is 0 Å². The standard InChI is InChI=1S/C14H22N4O3/c1-9(2)18(5-3-4-13(19)20)14(21)11-6-10-12(7-15-11)17-8-16-10/h8-9,11,15H,3-7H2,1-2H3,(H,16,17)(H,19,20). The number of rotatable bonds is 6. The van der Waals surface area contributed by atoms with Crippen molar-refractivity contribution in [3.05, 3.63) is 17.7 Å². The zero-order valence-electron chi connectivity index (χ0n) is 12.4.